The van der Waals surface area contributed by atoms with Gasteiger partial charge >= 0.3 is 0 Å². The molecular formula is C12H22BrN3. The van der Waals surface area contributed by atoms with Gasteiger partial charge in [-0.1, -0.05) is 13.8 Å². The third-order valence-electron chi connectivity index (χ3n) is 2.52. The molecule has 1 atom stereocenters. The van der Waals surface area contributed by atoms with Crippen LogP contribution in [0.4, 0.5) is 0 Å². The Kier molecular flexibility index (Phi) is 4.56. The normalized spacial score (nSPS) is 14.4. The zero-order valence-electron chi connectivity index (χ0n) is 10.8. The second-order valence-corrected chi connectivity index (χ2v) is 6.50. The molecule has 0 amide bonds. The molecule has 3 nitrogen and oxygen atoms in total. The second kappa shape index (κ2) is 5.32. The van der Waals surface area contributed by atoms with Gasteiger partial charge in [-0.3, -0.25) is 4.68 Å². The first-order valence-corrected chi connectivity index (χ1v) is 6.53. The summed E-state index contributed by atoms with van der Waals surface area (Å²) in [4.78, 5) is 0. The van der Waals surface area contributed by atoms with Crippen LogP contribution in [0, 0.1) is 5.92 Å². The van der Waals surface area contributed by atoms with E-state index >= 15 is 0 Å². The van der Waals surface area contributed by atoms with Crippen molar-refractivity contribution < 1.29 is 0 Å². The van der Waals surface area contributed by atoms with Crippen molar-refractivity contribution in [2.75, 3.05) is 6.54 Å². The van der Waals surface area contributed by atoms with Crippen LogP contribution in [-0.4, -0.2) is 21.9 Å². The molecule has 4 heteroatoms. The Labute approximate surface area is 107 Å². The molecule has 92 valence electrons. The Hall–Kier alpha value is -0.350. The molecule has 16 heavy (non-hydrogen) atoms. The molecule has 0 aliphatic carbocycles. The summed E-state index contributed by atoms with van der Waals surface area (Å²) in [7, 11) is 0. The highest BCUT2D eigenvalue weighted by Gasteiger charge is 2.19. The van der Waals surface area contributed by atoms with Gasteiger partial charge in [-0.25, -0.2) is 0 Å². The van der Waals surface area contributed by atoms with Crippen molar-refractivity contribution in [3.63, 3.8) is 0 Å². The molecular weight excluding hydrogens is 266 g/mol. The molecule has 1 aromatic heterocycles. The number of hydrogen-bond acceptors (Lipinski definition) is 2. The predicted molar refractivity (Wildman–Crippen MR) is 71.6 cm³/mol. The van der Waals surface area contributed by atoms with Crippen LogP contribution in [0.3, 0.4) is 0 Å². The first kappa shape index (κ1) is 13.7. The van der Waals surface area contributed by atoms with E-state index in [9.17, 15) is 0 Å². The van der Waals surface area contributed by atoms with E-state index in [2.05, 4.69) is 61.0 Å². The van der Waals surface area contributed by atoms with Gasteiger partial charge in [-0.15, -0.1) is 0 Å². The van der Waals surface area contributed by atoms with E-state index in [-0.39, 0.29) is 5.54 Å². The fraction of sp³-hybridized carbons (Fsp3) is 0.750. The molecule has 0 aliphatic rings. The maximum absolute atomic E-state index is 4.37. The van der Waals surface area contributed by atoms with Crippen LogP contribution in [-0.2, 0) is 0 Å². The van der Waals surface area contributed by atoms with Gasteiger partial charge in [-0.05, 0) is 42.6 Å². The van der Waals surface area contributed by atoms with Crippen molar-refractivity contribution in [3.05, 3.63) is 16.9 Å². The van der Waals surface area contributed by atoms with Crippen molar-refractivity contribution in [2.45, 2.75) is 46.2 Å². The average molecular weight is 288 g/mol. The first-order valence-electron chi connectivity index (χ1n) is 5.74. The standard InChI is InChI=1S/C12H22BrN3/c1-9(2)11(7-14-12(3,4)5)16-8-10(13)6-15-16/h6,8-9,11,14H,7H2,1-5H3. The summed E-state index contributed by atoms with van der Waals surface area (Å²) in [6, 6.07) is 0.394. The third kappa shape index (κ3) is 4.26. The van der Waals surface area contributed by atoms with Crippen molar-refractivity contribution in [3.8, 4) is 0 Å². The van der Waals surface area contributed by atoms with Gasteiger partial charge in [0.2, 0.25) is 0 Å². The van der Waals surface area contributed by atoms with Crippen molar-refractivity contribution in [2.24, 2.45) is 5.92 Å². The van der Waals surface area contributed by atoms with Crippen LogP contribution in [0.1, 0.15) is 40.7 Å². The first-order chi connectivity index (χ1) is 7.29. The molecule has 0 aliphatic heterocycles. The van der Waals surface area contributed by atoms with Gasteiger partial charge in [0, 0.05) is 18.3 Å². The number of aromatic nitrogens is 2. The molecule has 0 fully saturated rings. The van der Waals surface area contributed by atoms with Gasteiger partial charge in [-0.2, -0.15) is 5.10 Å². The van der Waals surface area contributed by atoms with Crippen LogP contribution in [0.25, 0.3) is 0 Å². The van der Waals surface area contributed by atoms with Gasteiger partial charge in [0.05, 0.1) is 16.7 Å². The molecule has 1 unspecified atom stereocenters. The number of nitrogens with zero attached hydrogens (tertiary/aromatic N) is 2. The lowest BCUT2D eigenvalue weighted by Crippen LogP contribution is -2.41. The third-order valence-corrected chi connectivity index (χ3v) is 2.93. The fourth-order valence-corrected chi connectivity index (χ4v) is 1.84. The van der Waals surface area contributed by atoms with Crippen molar-refractivity contribution in [1.82, 2.24) is 15.1 Å². The number of nitrogens with one attached hydrogen (secondary N) is 1. The van der Waals surface area contributed by atoms with Gasteiger partial charge in [0.1, 0.15) is 0 Å². The predicted octanol–water partition coefficient (Wildman–Crippen LogP) is 3.23. The van der Waals surface area contributed by atoms with E-state index < -0.39 is 0 Å². The molecule has 0 radical (unpaired) electrons. The van der Waals surface area contributed by atoms with E-state index in [1.54, 1.807) is 0 Å². The Balaban J connectivity index is 2.69. The van der Waals surface area contributed by atoms with E-state index in [0.717, 1.165) is 11.0 Å². The summed E-state index contributed by atoms with van der Waals surface area (Å²) in [6.45, 7) is 11.9. The highest BCUT2D eigenvalue weighted by molar-refractivity contribution is 9.10. The number of rotatable bonds is 4. The Morgan fingerprint density at radius 3 is 2.44 bits per heavy atom. The summed E-state index contributed by atoms with van der Waals surface area (Å²) < 4.78 is 3.07. The van der Waals surface area contributed by atoms with E-state index in [0.29, 0.717) is 12.0 Å². The zero-order valence-corrected chi connectivity index (χ0v) is 12.4. The minimum Gasteiger partial charge on any atom is -0.310 e. The summed E-state index contributed by atoms with van der Waals surface area (Å²) in [6.07, 6.45) is 3.88. The Bertz CT molecular complexity index is 325. The second-order valence-electron chi connectivity index (χ2n) is 5.58. The monoisotopic (exact) mass is 287 g/mol. The Morgan fingerprint density at radius 2 is 2.06 bits per heavy atom. The van der Waals surface area contributed by atoms with E-state index in [4.69, 9.17) is 0 Å². The maximum atomic E-state index is 4.37. The van der Waals surface area contributed by atoms with Crippen LogP contribution >= 0.6 is 15.9 Å². The fourth-order valence-electron chi connectivity index (χ4n) is 1.54. The molecule has 0 bridgehead atoms. The quantitative estimate of drug-likeness (QED) is 0.922. The smallest absolute Gasteiger partial charge is 0.0667 e. The molecule has 1 aromatic rings. The van der Waals surface area contributed by atoms with E-state index in [1.165, 1.54) is 0 Å². The molecule has 0 aromatic carbocycles. The van der Waals surface area contributed by atoms with Crippen molar-refractivity contribution >= 4 is 15.9 Å². The molecule has 1 rings (SSSR count). The van der Waals surface area contributed by atoms with Crippen LogP contribution < -0.4 is 5.32 Å². The zero-order chi connectivity index (χ0) is 12.3. The SMILES string of the molecule is CC(C)C(CNC(C)(C)C)n1cc(Br)cn1. The topological polar surface area (TPSA) is 29.9 Å². The van der Waals surface area contributed by atoms with Gasteiger partial charge in [0.25, 0.3) is 0 Å². The van der Waals surface area contributed by atoms with E-state index in [1.807, 2.05) is 17.1 Å². The minimum absolute atomic E-state index is 0.150. The van der Waals surface area contributed by atoms with Crippen LogP contribution in [0.5, 0.6) is 0 Å². The van der Waals surface area contributed by atoms with Gasteiger partial charge in [0.15, 0.2) is 0 Å². The lowest BCUT2D eigenvalue weighted by molar-refractivity contribution is 0.294. The minimum atomic E-state index is 0.150. The maximum Gasteiger partial charge on any atom is 0.0667 e. The van der Waals surface area contributed by atoms with Crippen LogP contribution in [0.15, 0.2) is 16.9 Å². The van der Waals surface area contributed by atoms with Gasteiger partial charge < -0.3 is 5.32 Å². The Morgan fingerprint density at radius 1 is 1.44 bits per heavy atom. The summed E-state index contributed by atoms with van der Waals surface area (Å²) >= 11 is 3.44. The number of halogens is 1. The summed E-state index contributed by atoms with van der Waals surface area (Å²) in [5, 5.41) is 7.90. The average Bonchev–Trinajstić information content (AvgIpc) is 2.49. The summed E-state index contributed by atoms with van der Waals surface area (Å²) in [5.41, 5.74) is 0.150. The van der Waals surface area contributed by atoms with Crippen LogP contribution in [0.2, 0.25) is 0 Å². The molecule has 0 spiro atoms. The van der Waals surface area contributed by atoms with Crippen molar-refractivity contribution in [1.29, 1.82) is 0 Å². The largest absolute Gasteiger partial charge is 0.310 e. The highest BCUT2D eigenvalue weighted by Crippen LogP contribution is 2.19. The lowest BCUT2D eigenvalue weighted by Gasteiger charge is -2.27. The number of hydrogen-bond donors (Lipinski definition) is 1. The molecule has 0 saturated heterocycles. The molecule has 1 N–H and O–H groups in total. The molecule has 1 heterocycles. The lowest BCUT2D eigenvalue weighted by atomic mass is 10.0. The summed E-state index contributed by atoms with van der Waals surface area (Å²) in [5.74, 6) is 0.557. The highest BCUT2D eigenvalue weighted by atomic mass is 79.9. The molecule has 0 saturated carbocycles.